The molecule has 0 radical (unpaired) electrons. The predicted molar refractivity (Wildman–Crippen MR) is 108 cm³/mol. The van der Waals surface area contributed by atoms with E-state index in [1.807, 2.05) is 62.4 Å². The van der Waals surface area contributed by atoms with E-state index in [4.69, 9.17) is 0 Å². The van der Waals surface area contributed by atoms with Gasteiger partial charge >= 0.3 is 5.97 Å². The van der Waals surface area contributed by atoms with E-state index in [2.05, 4.69) is 5.32 Å². The number of amides is 1. The van der Waals surface area contributed by atoms with Crippen LogP contribution >= 0.6 is 11.3 Å². The first kappa shape index (κ1) is 18.0. The van der Waals surface area contributed by atoms with Crippen LogP contribution in [0.15, 0.2) is 60.0 Å². The van der Waals surface area contributed by atoms with Gasteiger partial charge in [0.1, 0.15) is 18.4 Å². The van der Waals surface area contributed by atoms with Gasteiger partial charge in [0, 0.05) is 17.4 Å². The normalized spacial score (nSPS) is 10.5. The zero-order valence-electron chi connectivity index (χ0n) is 14.4. The van der Waals surface area contributed by atoms with Crippen molar-refractivity contribution >= 4 is 41.5 Å². The molecule has 3 aromatic rings. The molecule has 1 heterocycles. The Kier molecular flexibility index (Phi) is 5.53. The molecular weight excluding hydrogens is 345 g/mol. The fraction of sp³-hybridized carbons (Fsp3) is 0.100. The monoisotopic (exact) mass is 363 g/mol. The minimum absolute atomic E-state index is 0.145. The minimum atomic E-state index is -1.04. The highest BCUT2D eigenvalue weighted by Crippen LogP contribution is 2.35. The molecule has 26 heavy (non-hydrogen) atoms. The maximum Gasteiger partial charge on any atom is 0.339 e. The van der Waals surface area contributed by atoms with E-state index in [1.54, 1.807) is 5.38 Å². The second-order valence-corrected chi connectivity index (χ2v) is 6.94. The van der Waals surface area contributed by atoms with Gasteiger partial charge in [0.05, 0.1) is 0 Å². The van der Waals surface area contributed by atoms with Crippen molar-refractivity contribution in [3.63, 3.8) is 0 Å². The summed E-state index contributed by atoms with van der Waals surface area (Å²) in [6.07, 6.45) is 0.923. The maximum atomic E-state index is 12.3. The summed E-state index contributed by atoms with van der Waals surface area (Å²) >= 11 is 1.24. The summed E-state index contributed by atoms with van der Waals surface area (Å²) in [5.74, 6) is -1.23. The third kappa shape index (κ3) is 4.21. The van der Waals surface area contributed by atoms with Gasteiger partial charge in [-0.2, -0.15) is 0 Å². The van der Waals surface area contributed by atoms with Gasteiger partial charge in [-0.3, -0.25) is 4.79 Å². The Hall–Kier alpha value is -2.86. The maximum absolute atomic E-state index is 12.3. The Balaban J connectivity index is 1.76. The van der Waals surface area contributed by atoms with Crippen LogP contribution in [0.1, 0.15) is 22.3 Å². The number of carbonyl (C=O) groups excluding carboxylic acids is 1. The summed E-state index contributed by atoms with van der Waals surface area (Å²) in [6.45, 7) is 0. The molecule has 0 atom stereocenters. The number of hydrogen-bond acceptors (Lipinski definition) is 3. The number of nitrogens with one attached hydrogen (secondary N) is 1. The summed E-state index contributed by atoms with van der Waals surface area (Å²) < 4.78 is 0. The summed E-state index contributed by atoms with van der Waals surface area (Å²) in [5.41, 5.74) is 3.78. The molecule has 1 amide bonds. The number of rotatable bonds is 6. The highest BCUT2D eigenvalue weighted by Gasteiger charge is 2.21. The lowest BCUT2D eigenvalue weighted by atomic mass is 9.93. The molecule has 0 aliphatic rings. The zero-order chi connectivity index (χ0) is 18.5. The van der Waals surface area contributed by atoms with E-state index in [0.29, 0.717) is 23.4 Å². The van der Waals surface area contributed by atoms with Crippen LogP contribution in [0.5, 0.6) is 0 Å². The van der Waals surface area contributed by atoms with Crippen LogP contribution in [0.4, 0.5) is 5.00 Å². The lowest BCUT2D eigenvalue weighted by molar-refractivity contribution is -0.116. The molecule has 2 aromatic carbocycles. The Morgan fingerprint density at radius 3 is 2.38 bits per heavy atom. The van der Waals surface area contributed by atoms with Crippen molar-refractivity contribution in [3.8, 4) is 11.1 Å². The number of carbonyl (C=O) groups is 2. The fourth-order valence-electron chi connectivity index (χ4n) is 2.70. The van der Waals surface area contributed by atoms with Gasteiger partial charge in [-0.25, -0.2) is 4.79 Å². The molecule has 1 aromatic heterocycles. The van der Waals surface area contributed by atoms with E-state index < -0.39 is 5.97 Å². The first-order valence-electron chi connectivity index (χ1n) is 8.30. The molecular formula is C20H18BNO3S. The molecule has 2 N–H and O–H groups in total. The molecule has 0 saturated carbocycles. The zero-order valence-corrected chi connectivity index (χ0v) is 15.2. The molecule has 0 spiro atoms. The number of hydrogen-bond donors (Lipinski definition) is 2. The average molecular weight is 363 g/mol. The smallest absolute Gasteiger partial charge is 0.339 e. The quantitative estimate of drug-likeness (QED) is 0.662. The number of anilines is 1. The minimum Gasteiger partial charge on any atom is -0.478 e. The molecule has 6 heteroatoms. The molecule has 3 rings (SSSR count). The van der Waals surface area contributed by atoms with Crippen LogP contribution in [-0.2, 0) is 11.2 Å². The SMILES string of the molecule is Bc1ccc(-c2csc(NC(=O)CCc3ccccc3)c2C(=O)O)cc1. The summed E-state index contributed by atoms with van der Waals surface area (Å²) in [7, 11) is 1.98. The molecule has 0 bridgehead atoms. The number of carboxylic acid groups (broad SMARTS) is 1. The Bertz CT molecular complexity index is 920. The number of aryl methyl sites for hydroxylation is 1. The lowest BCUT2D eigenvalue weighted by Crippen LogP contribution is -2.14. The van der Waals surface area contributed by atoms with Crippen LogP contribution < -0.4 is 10.8 Å². The van der Waals surface area contributed by atoms with Gasteiger partial charge < -0.3 is 10.4 Å². The molecule has 0 saturated heterocycles. The number of aromatic carboxylic acids is 1. The van der Waals surface area contributed by atoms with Crippen LogP contribution in [0.2, 0.25) is 0 Å². The Morgan fingerprint density at radius 2 is 1.73 bits per heavy atom. The topological polar surface area (TPSA) is 66.4 Å². The van der Waals surface area contributed by atoms with Crippen molar-refractivity contribution < 1.29 is 14.7 Å². The van der Waals surface area contributed by atoms with E-state index >= 15 is 0 Å². The molecule has 4 nitrogen and oxygen atoms in total. The first-order valence-corrected chi connectivity index (χ1v) is 9.18. The molecule has 0 fully saturated rings. The van der Waals surface area contributed by atoms with Crippen molar-refractivity contribution in [3.05, 3.63) is 71.1 Å². The number of carboxylic acids is 1. The second-order valence-electron chi connectivity index (χ2n) is 6.06. The second kappa shape index (κ2) is 8.02. The molecule has 0 aliphatic carbocycles. The van der Waals surface area contributed by atoms with E-state index in [0.717, 1.165) is 16.6 Å². The van der Waals surface area contributed by atoms with Crippen molar-refractivity contribution in [1.29, 1.82) is 0 Å². The summed E-state index contributed by atoms with van der Waals surface area (Å²) in [5, 5.41) is 14.5. The summed E-state index contributed by atoms with van der Waals surface area (Å²) in [6, 6.07) is 17.4. The fourth-order valence-corrected chi connectivity index (χ4v) is 3.68. The molecule has 0 unspecified atom stereocenters. The van der Waals surface area contributed by atoms with E-state index in [9.17, 15) is 14.7 Å². The highest BCUT2D eigenvalue weighted by molar-refractivity contribution is 7.15. The van der Waals surface area contributed by atoms with Crippen molar-refractivity contribution in [2.45, 2.75) is 12.8 Å². The third-order valence-electron chi connectivity index (χ3n) is 4.10. The van der Waals surface area contributed by atoms with E-state index in [-0.39, 0.29) is 11.5 Å². The summed E-state index contributed by atoms with van der Waals surface area (Å²) in [4.78, 5) is 24.0. The third-order valence-corrected chi connectivity index (χ3v) is 5.00. The van der Waals surface area contributed by atoms with E-state index in [1.165, 1.54) is 11.3 Å². The average Bonchev–Trinajstić information content (AvgIpc) is 3.05. The van der Waals surface area contributed by atoms with Gasteiger partial charge in [-0.1, -0.05) is 60.1 Å². The van der Waals surface area contributed by atoms with Gasteiger partial charge in [0.15, 0.2) is 0 Å². The Labute approximate surface area is 156 Å². The molecule has 130 valence electrons. The largest absolute Gasteiger partial charge is 0.478 e. The predicted octanol–water partition coefficient (Wildman–Crippen LogP) is 2.94. The van der Waals surface area contributed by atoms with Gasteiger partial charge in [-0.15, -0.1) is 11.3 Å². The number of thiophene rings is 1. The first-order chi connectivity index (χ1) is 12.5. The van der Waals surface area contributed by atoms with Gasteiger partial charge in [-0.05, 0) is 17.5 Å². The van der Waals surface area contributed by atoms with Crippen LogP contribution in [0.25, 0.3) is 11.1 Å². The standard InChI is InChI=1S/C20H18BNO3S/c21-15-9-7-14(8-10-15)16-12-26-19(18(16)20(24)25)22-17(23)11-6-13-4-2-1-3-5-13/h1-5,7-10,12H,6,11,21H2,(H,22,23)(H,24,25). The van der Waals surface area contributed by atoms with Gasteiger partial charge in [0.2, 0.25) is 5.91 Å². The van der Waals surface area contributed by atoms with Crippen LogP contribution in [0, 0.1) is 0 Å². The molecule has 0 aliphatic heterocycles. The van der Waals surface area contributed by atoms with Gasteiger partial charge in [0.25, 0.3) is 0 Å². The van der Waals surface area contributed by atoms with Crippen LogP contribution in [0.3, 0.4) is 0 Å². The number of benzene rings is 2. The Morgan fingerprint density at radius 1 is 1.04 bits per heavy atom. The van der Waals surface area contributed by atoms with Crippen LogP contribution in [-0.4, -0.2) is 24.8 Å². The highest BCUT2D eigenvalue weighted by atomic mass is 32.1. The van der Waals surface area contributed by atoms with Crippen molar-refractivity contribution in [2.24, 2.45) is 0 Å². The lowest BCUT2D eigenvalue weighted by Gasteiger charge is -2.06. The van der Waals surface area contributed by atoms with Crippen molar-refractivity contribution in [1.82, 2.24) is 0 Å². The van der Waals surface area contributed by atoms with Crippen molar-refractivity contribution in [2.75, 3.05) is 5.32 Å².